The number of hydrogen-bond donors (Lipinski definition) is 2. The van der Waals surface area contributed by atoms with Gasteiger partial charge in [0, 0.05) is 0 Å². The third-order valence-corrected chi connectivity index (χ3v) is 3.63. The predicted molar refractivity (Wildman–Crippen MR) is 88.7 cm³/mol. The number of nitrogens with one attached hydrogen (secondary N) is 1. The molecular formula is C18H29NO3. The normalized spacial score (nSPS) is 15.7. The van der Waals surface area contributed by atoms with Crippen LogP contribution in [0, 0.1) is 0 Å². The number of rotatable bonds is 6. The van der Waals surface area contributed by atoms with Gasteiger partial charge in [-0.15, -0.1) is 0 Å². The summed E-state index contributed by atoms with van der Waals surface area (Å²) in [5, 5.41) is 13.9. The lowest BCUT2D eigenvalue weighted by atomic mass is 9.83. The molecule has 0 aromatic heterocycles. The largest absolute Gasteiger partial charge is 0.444 e. The fraction of sp³-hybridized carbons (Fsp3) is 0.611. The zero-order chi connectivity index (χ0) is 16.8. The van der Waals surface area contributed by atoms with Gasteiger partial charge in [0.15, 0.2) is 0 Å². The molecular weight excluding hydrogens is 278 g/mol. The van der Waals surface area contributed by atoms with Gasteiger partial charge in [0.2, 0.25) is 0 Å². The number of ether oxygens (including phenoxy) is 1. The Balaban J connectivity index is 2.90. The maximum Gasteiger partial charge on any atom is 0.407 e. The average molecular weight is 307 g/mol. The van der Waals surface area contributed by atoms with E-state index in [1.165, 1.54) is 0 Å². The Hall–Kier alpha value is -1.55. The molecule has 0 saturated heterocycles. The zero-order valence-electron chi connectivity index (χ0n) is 14.3. The van der Waals surface area contributed by atoms with Gasteiger partial charge >= 0.3 is 6.09 Å². The van der Waals surface area contributed by atoms with Gasteiger partial charge in [0.05, 0.1) is 6.04 Å². The first kappa shape index (κ1) is 18.5. The molecule has 2 N–H and O–H groups in total. The maximum atomic E-state index is 12.0. The molecule has 0 fully saturated rings. The fourth-order valence-corrected chi connectivity index (χ4v) is 2.39. The van der Waals surface area contributed by atoms with Crippen molar-refractivity contribution in [2.45, 2.75) is 71.1 Å². The van der Waals surface area contributed by atoms with E-state index >= 15 is 0 Å². The zero-order valence-corrected chi connectivity index (χ0v) is 14.3. The smallest absolute Gasteiger partial charge is 0.407 e. The van der Waals surface area contributed by atoms with Gasteiger partial charge in [-0.25, -0.2) is 4.79 Å². The molecule has 4 heteroatoms. The molecule has 1 unspecified atom stereocenters. The van der Waals surface area contributed by atoms with E-state index in [0.29, 0.717) is 6.42 Å². The summed E-state index contributed by atoms with van der Waals surface area (Å²) < 4.78 is 5.28. The molecule has 2 atom stereocenters. The van der Waals surface area contributed by atoms with Gasteiger partial charge < -0.3 is 15.2 Å². The Kier molecular flexibility index (Phi) is 6.42. The number of alkyl carbamates (subject to hydrolysis) is 1. The second-order valence-electron chi connectivity index (χ2n) is 6.76. The number of carbonyl (C=O) groups excluding carboxylic acids is 1. The van der Waals surface area contributed by atoms with E-state index < -0.39 is 23.3 Å². The van der Waals surface area contributed by atoms with Crippen LogP contribution in [0.3, 0.4) is 0 Å². The van der Waals surface area contributed by atoms with Gasteiger partial charge in [-0.05, 0) is 39.7 Å². The molecule has 1 aromatic rings. The van der Waals surface area contributed by atoms with Crippen LogP contribution >= 0.6 is 0 Å². The van der Waals surface area contributed by atoms with Gasteiger partial charge in [0.1, 0.15) is 11.2 Å². The lowest BCUT2D eigenvalue weighted by Crippen LogP contribution is -2.50. The molecule has 1 amide bonds. The van der Waals surface area contributed by atoms with E-state index in [0.717, 1.165) is 18.4 Å². The third-order valence-electron chi connectivity index (χ3n) is 3.63. The highest BCUT2D eigenvalue weighted by Crippen LogP contribution is 2.31. The number of aliphatic hydroxyl groups is 1. The topological polar surface area (TPSA) is 58.6 Å². The van der Waals surface area contributed by atoms with Crippen LogP contribution in [-0.2, 0) is 10.3 Å². The van der Waals surface area contributed by atoms with Crippen LogP contribution in [0.25, 0.3) is 0 Å². The van der Waals surface area contributed by atoms with Crippen molar-refractivity contribution in [3.63, 3.8) is 0 Å². The van der Waals surface area contributed by atoms with Crippen LogP contribution < -0.4 is 5.32 Å². The van der Waals surface area contributed by atoms with Crippen molar-refractivity contribution in [1.29, 1.82) is 0 Å². The molecule has 1 aromatic carbocycles. The summed E-state index contributed by atoms with van der Waals surface area (Å²) in [5.41, 5.74) is -0.848. The van der Waals surface area contributed by atoms with Crippen molar-refractivity contribution in [3.05, 3.63) is 35.9 Å². The van der Waals surface area contributed by atoms with Crippen LogP contribution in [0.1, 0.15) is 59.4 Å². The summed E-state index contributed by atoms with van der Waals surface area (Å²) in [6, 6.07) is 9.04. The molecule has 0 saturated carbocycles. The molecule has 0 aliphatic rings. The van der Waals surface area contributed by atoms with Crippen LogP contribution in [0.2, 0.25) is 0 Å². The van der Waals surface area contributed by atoms with Gasteiger partial charge in [0.25, 0.3) is 0 Å². The first-order valence-corrected chi connectivity index (χ1v) is 7.96. The molecule has 1 rings (SSSR count). The molecule has 0 bridgehead atoms. The SMILES string of the molecule is CCCCC(O)(c1ccccc1)[C@H](C)NC(=O)OC(C)(C)C. The van der Waals surface area contributed by atoms with E-state index in [-0.39, 0.29) is 0 Å². The highest BCUT2D eigenvalue weighted by molar-refractivity contribution is 5.68. The van der Waals surface area contributed by atoms with Crippen LogP contribution in [0.15, 0.2) is 30.3 Å². The summed E-state index contributed by atoms with van der Waals surface area (Å²) in [5.74, 6) is 0. The van der Waals surface area contributed by atoms with Crippen molar-refractivity contribution in [2.75, 3.05) is 0 Å². The summed E-state index contributed by atoms with van der Waals surface area (Å²) >= 11 is 0. The Morgan fingerprint density at radius 3 is 2.36 bits per heavy atom. The highest BCUT2D eigenvalue weighted by Gasteiger charge is 2.36. The number of unbranched alkanes of at least 4 members (excludes halogenated alkanes) is 1. The Morgan fingerprint density at radius 2 is 1.86 bits per heavy atom. The molecule has 0 spiro atoms. The number of carbonyl (C=O) groups is 1. The summed E-state index contributed by atoms with van der Waals surface area (Å²) in [6.45, 7) is 9.34. The maximum absolute atomic E-state index is 12.0. The Labute approximate surface area is 133 Å². The summed E-state index contributed by atoms with van der Waals surface area (Å²) in [7, 11) is 0. The summed E-state index contributed by atoms with van der Waals surface area (Å²) in [6.07, 6.45) is 1.94. The third kappa shape index (κ3) is 5.34. The molecule has 4 nitrogen and oxygen atoms in total. The Morgan fingerprint density at radius 1 is 1.27 bits per heavy atom. The molecule has 0 aliphatic carbocycles. The van der Waals surface area contributed by atoms with Crippen LogP contribution in [0.4, 0.5) is 4.79 Å². The molecule has 124 valence electrons. The van der Waals surface area contributed by atoms with Crippen LogP contribution in [0.5, 0.6) is 0 Å². The molecule has 22 heavy (non-hydrogen) atoms. The van der Waals surface area contributed by atoms with Crippen LogP contribution in [-0.4, -0.2) is 22.8 Å². The quantitative estimate of drug-likeness (QED) is 0.836. The van der Waals surface area contributed by atoms with Crippen molar-refractivity contribution in [2.24, 2.45) is 0 Å². The first-order valence-electron chi connectivity index (χ1n) is 7.96. The van der Waals surface area contributed by atoms with Gasteiger partial charge in [-0.3, -0.25) is 0 Å². The first-order chi connectivity index (χ1) is 10.2. The lowest BCUT2D eigenvalue weighted by molar-refractivity contribution is -0.0146. The van der Waals surface area contributed by atoms with E-state index in [1.807, 2.05) is 58.0 Å². The Bertz CT molecular complexity index is 467. The van der Waals surface area contributed by atoms with Crippen molar-refractivity contribution < 1.29 is 14.6 Å². The van der Waals surface area contributed by atoms with Crippen molar-refractivity contribution in [1.82, 2.24) is 5.32 Å². The van der Waals surface area contributed by atoms with E-state index in [1.54, 1.807) is 0 Å². The fourth-order valence-electron chi connectivity index (χ4n) is 2.39. The van der Waals surface area contributed by atoms with Crippen molar-refractivity contribution in [3.8, 4) is 0 Å². The average Bonchev–Trinajstić information content (AvgIpc) is 2.43. The van der Waals surface area contributed by atoms with E-state index in [9.17, 15) is 9.90 Å². The second-order valence-corrected chi connectivity index (χ2v) is 6.76. The highest BCUT2D eigenvalue weighted by atomic mass is 16.6. The van der Waals surface area contributed by atoms with E-state index in [2.05, 4.69) is 12.2 Å². The standard InChI is InChI=1S/C18H29NO3/c1-6-7-13-18(21,15-11-9-8-10-12-15)14(2)19-16(20)22-17(3,4)5/h8-12,14,21H,6-7,13H2,1-5H3,(H,19,20)/t14-,18?/m0/s1. The minimum absolute atomic E-state index is 0.448. The monoisotopic (exact) mass is 307 g/mol. The molecule has 0 heterocycles. The van der Waals surface area contributed by atoms with Gasteiger partial charge in [-0.1, -0.05) is 50.1 Å². The lowest BCUT2D eigenvalue weighted by Gasteiger charge is -2.35. The number of amides is 1. The number of benzene rings is 1. The van der Waals surface area contributed by atoms with Crippen molar-refractivity contribution >= 4 is 6.09 Å². The summed E-state index contributed by atoms with van der Waals surface area (Å²) in [4.78, 5) is 12.0. The second kappa shape index (κ2) is 7.63. The molecule has 0 radical (unpaired) electrons. The minimum Gasteiger partial charge on any atom is -0.444 e. The van der Waals surface area contributed by atoms with E-state index in [4.69, 9.17) is 4.74 Å². The minimum atomic E-state index is -1.10. The predicted octanol–water partition coefficient (Wildman–Crippen LogP) is 3.98. The number of hydrogen-bond acceptors (Lipinski definition) is 3. The van der Waals surface area contributed by atoms with Gasteiger partial charge in [-0.2, -0.15) is 0 Å². The molecule has 0 aliphatic heterocycles.